The molecule has 6 heteroatoms. The second-order valence-electron chi connectivity index (χ2n) is 7.12. The zero-order valence-electron chi connectivity index (χ0n) is 16.6. The van der Waals surface area contributed by atoms with Gasteiger partial charge in [0, 0.05) is 43.2 Å². The minimum atomic E-state index is -0.664. The maximum atomic E-state index is 12.9. The maximum absolute atomic E-state index is 12.9. The molecule has 0 aliphatic carbocycles. The smallest absolute Gasteiger partial charge is 0.347 e. The van der Waals surface area contributed by atoms with Gasteiger partial charge in [-0.25, -0.2) is 9.18 Å². The average molecular weight is 394 g/mol. The number of benzene rings is 2. The minimum Gasteiger partial charge on any atom is -0.422 e. The first-order valence-electron chi connectivity index (χ1n) is 9.86. The summed E-state index contributed by atoms with van der Waals surface area (Å²) in [4.78, 5) is 28.8. The second kappa shape index (κ2) is 7.70. The van der Waals surface area contributed by atoms with E-state index in [0.29, 0.717) is 33.9 Å². The van der Waals surface area contributed by atoms with Crippen molar-refractivity contribution in [3.8, 4) is 11.1 Å². The highest BCUT2D eigenvalue weighted by molar-refractivity contribution is 6.04. The number of carbonyl (C=O) groups excluding carboxylic acids is 1. The summed E-state index contributed by atoms with van der Waals surface area (Å²) in [7, 11) is 0. The summed E-state index contributed by atoms with van der Waals surface area (Å²) < 4.78 is 18.5. The topological polar surface area (TPSA) is 53.8 Å². The van der Waals surface area contributed by atoms with Crippen molar-refractivity contribution in [2.24, 2.45) is 0 Å². The van der Waals surface area contributed by atoms with Crippen LogP contribution in [-0.4, -0.2) is 32.5 Å². The fourth-order valence-corrected chi connectivity index (χ4v) is 4.06. The summed E-state index contributed by atoms with van der Waals surface area (Å²) in [6.07, 6.45) is 0.541. The number of fused-ring (bicyclic) bond motifs is 2. The number of nitrogens with zero attached hydrogens (tertiary/aromatic N) is 2. The molecular formula is C23H23FN2O3. The van der Waals surface area contributed by atoms with Gasteiger partial charge in [-0.3, -0.25) is 4.79 Å². The molecule has 4 rings (SSSR count). The molecule has 0 bridgehead atoms. The molecule has 1 aromatic heterocycles. The van der Waals surface area contributed by atoms with Crippen LogP contribution in [0, 0.1) is 0 Å². The van der Waals surface area contributed by atoms with Crippen molar-refractivity contribution in [2.45, 2.75) is 20.5 Å². The van der Waals surface area contributed by atoms with Crippen molar-refractivity contribution in [1.29, 1.82) is 0 Å². The molecule has 0 atom stereocenters. The zero-order valence-corrected chi connectivity index (χ0v) is 16.6. The van der Waals surface area contributed by atoms with Gasteiger partial charge < -0.3 is 14.2 Å². The van der Waals surface area contributed by atoms with Crippen LogP contribution in [0.15, 0.2) is 45.6 Å². The van der Waals surface area contributed by atoms with Gasteiger partial charge in [0.15, 0.2) is 6.29 Å². The van der Waals surface area contributed by atoms with E-state index in [2.05, 4.69) is 23.6 Å². The number of alkyl halides is 1. The monoisotopic (exact) mass is 394 g/mol. The van der Waals surface area contributed by atoms with Crippen molar-refractivity contribution in [1.82, 2.24) is 0 Å². The normalized spacial score (nSPS) is 13.6. The quantitative estimate of drug-likeness (QED) is 0.474. The highest BCUT2D eigenvalue weighted by atomic mass is 19.1. The van der Waals surface area contributed by atoms with E-state index in [1.165, 1.54) is 0 Å². The summed E-state index contributed by atoms with van der Waals surface area (Å²) in [5.41, 5.74) is 3.61. The number of hydrogen-bond donors (Lipinski definition) is 0. The van der Waals surface area contributed by atoms with E-state index in [-0.39, 0.29) is 5.56 Å². The molecule has 3 aromatic rings. The van der Waals surface area contributed by atoms with Gasteiger partial charge in [0.25, 0.3) is 0 Å². The summed E-state index contributed by atoms with van der Waals surface area (Å²) in [5.74, 6) is 0. The summed E-state index contributed by atoms with van der Waals surface area (Å²) in [5, 5.41) is 0.704. The van der Waals surface area contributed by atoms with Crippen LogP contribution in [0.25, 0.3) is 22.1 Å². The summed E-state index contributed by atoms with van der Waals surface area (Å²) in [6.45, 7) is 7.15. The molecule has 29 heavy (non-hydrogen) atoms. The first-order valence-corrected chi connectivity index (χ1v) is 9.86. The van der Waals surface area contributed by atoms with E-state index in [1.807, 2.05) is 12.1 Å². The lowest BCUT2D eigenvalue weighted by Gasteiger charge is -2.38. The number of halogens is 1. The Morgan fingerprint density at radius 2 is 1.66 bits per heavy atom. The molecule has 0 amide bonds. The minimum absolute atomic E-state index is 0.0170. The molecule has 0 radical (unpaired) electrons. The molecule has 0 fully saturated rings. The van der Waals surface area contributed by atoms with Gasteiger partial charge in [-0.1, -0.05) is 24.3 Å². The molecule has 0 spiro atoms. The van der Waals surface area contributed by atoms with Crippen molar-refractivity contribution < 1.29 is 13.6 Å². The fraction of sp³-hybridized carbons (Fsp3) is 0.304. The molecule has 2 heterocycles. The highest BCUT2D eigenvalue weighted by Crippen LogP contribution is 2.40. The number of hydrogen-bond acceptors (Lipinski definition) is 5. The van der Waals surface area contributed by atoms with Gasteiger partial charge in [0.2, 0.25) is 0 Å². The van der Waals surface area contributed by atoms with E-state index < -0.39 is 12.3 Å². The van der Waals surface area contributed by atoms with Gasteiger partial charge in [-0.2, -0.15) is 0 Å². The summed E-state index contributed by atoms with van der Waals surface area (Å²) >= 11 is 0. The number of anilines is 2. The van der Waals surface area contributed by atoms with Crippen LogP contribution in [0.5, 0.6) is 0 Å². The van der Waals surface area contributed by atoms with E-state index in [0.717, 1.165) is 37.6 Å². The van der Waals surface area contributed by atoms with Crippen LogP contribution in [0.1, 0.15) is 29.8 Å². The molecule has 0 saturated carbocycles. The lowest BCUT2D eigenvalue weighted by Crippen LogP contribution is -2.40. The molecule has 150 valence electrons. The van der Waals surface area contributed by atoms with Crippen molar-refractivity contribution in [2.75, 3.05) is 36.0 Å². The Morgan fingerprint density at radius 1 is 1.03 bits per heavy atom. The van der Waals surface area contributed by atoms with Crippen molar-refractivity contribution in [3.63, 3.8) is 0 Å². The van der Waals surface area contributed by atoms with Crippen molar-refractivity contribution >= 4 is 28.6 Å². The van der Waals surface area contributed by atoms with Gasteiger partial charge in [-0.15, -0.1) is 0 Å². The number of aldehydes is 1. The van der Waals surface area contributed by atoms with Gasteiger partial charge in [0.1, 0.15) is 17.8 Å². The Kier molecular flexibility index (Phi) is 5.09. The number of likely N-dealkylation sites (N-methyl/N-ethyl adjacent to an activating group) is 2. The van der Waals surface area contributed by atoms with Crippen LogP contribution in [0.2, 0.25) is 0 Å². The molecule has 2 aromatic carbocycles. The maximum Gasteiger partial charge on any atom is 0.347 e. The Labute approximate surface area is 168 Å². The lowest BCUT2D eigenvalue weighted by molar-refractivity contribution is 0.112. The molecule has 1 aliphatic heterocycles. The molecular weight excluding hydrogens is 371 g/mol. The fourth-order valence-electron chi connectivity index (χ4n) is 4.06. The molecule has 0 unspecified atom stereocenters. The Balaban J connectivity index is 2.05. The third-order valence-corrected chi connectivity index (χ3v) is 5.64. The SMILES string of the molecule is CCN1CCN(CC)c2cc3c(-c4ccc(CF)cc4)c(C=O)c(=O)oc3cc21. The highest BCUT2D eigenvalue weighted by Gasteiger charge is 2.24. The van der Waals surface area contributed by atoms with Gasteiger partial charge in [0.05, 0.1) is 11.4 Å². The van der Waals surface area contributed by atoms with Crippen LogP contribution in [-0.2, 0) is 6.67 Å². The van der Waals surface area contributed by atoms with Gasteiger partial charge >= 0.3 is 5.63 Å². The molecule has 5 nitrogen and oxygen atoms in total. The van der Waals surface area contributed by atoms with Crippen LogP contribution < -0.4 is 15.4 Å². The largest absolute Gasteiger partial charge is 0.422 e. The Bertz CT molecular complexity index is 1120. The van der Waals surface area contributed by atoms with Crippen LogP contribution in [0.4, 0.5) is 15.8 Å². The third kappa shape index (κ3) is 3.18. The zero-order chi connectivity index (χ0) is 20.5. The van der Waals surface area contributed by atoms with Crippen LogP contribution in [0.3, 0.4) is 0 Å². The molecule has 0 saturated heterocycles. The number of carbonyl (C=O) groups is 1. The predicted molar refractivity (Wildman–Crippen MR) is 114 cm³/mol. The van der Waals surface area contributed by atoms with E-state index >= 15 is 0 Å². The summed E-state index contributed by atoms with van der Waals surface area (Å²) in [6, 6.07) is 10.7. The van der Waals surface area contributed by atoms with Gasteiger partial charge in [-0.05, 0) is 31.0 Å². The van der Waals surface area contributed by atoms with E-state index in [1.54, 1.807) is 24.3 Å². The standard InChI is InChI=1S/C23H23FN2O3/c1-3-25-9-10-26(4-2)20-12-21-17(11-19(20)25)22(18(14-27)23(28)29-21)16-7-5-15(13-24)6-8-16/h5-8,11-12,14H,3-4,9-10,13H2,1-2H3. The molecule has 1 aliphatic rings. The number of rotatable bonds is 5. The first-order chi connectivity index (χ1) is 14.1. The first kappa shape index (κ1) is 19.2. The third-order valence-electron chi connectivity index (χ3n) is 5.64. The Hall–Kier alpha value is -3.15. The predicted octanol–water partition coefficient (Wildman–Crippen LogP) is 4.41. The van der Waals surface area contributed by atoms with Crippen LogP contribution >= 0.6 is 0 Å². The average Bonchev–Trinajstić information content (AvgIpc) is 2.76. The Morgan fingerprint density at radius 3 is 2.21 bits per heavy atom. The second-order valence-corrected chi connectivity index (χ2v) is 7.12. The van der Waals surface area contributed by atoms with Crippen molar-refractivity contribution in [3.05, 3.63) is 57.9 Å². The van der Waals surface area contributed by atoms with E-state index in [9.17, 15) is 14.0 Å². The molecule has 0 N–H and O–H groups in total. The van der Waals surface area contributed by atoms with E-state index in [4.69, 9.17) is 4.42 Å². The lowest BCUT2D eigenvalue weighted by atomic mass is 9.95.